The molecule has 13 heteroatoms. The van der Waals surface area contributed by atoms with Crippen molar-refractivity contribution in [2.45, 2.75) is 25.1 Å². The highest BCUT2D eigenvalue weighted by Gasteiger charge is 2.39. The fourth-order valence-corrected chi connectivity index (χ4v) is 3.70. The highest BCUT2D eigenvalue weighted by atomic mass is 32.1. The van der Waals surface area contributed by atoms with Crippen LogP contribution in [0.1, 0.15) is 17.5 Å². The third kappa shape index (κ3) is 6.88. The molecule has 0 fully saturated rings. The Balaban J connectivity index is 1.86. The molecule has 0 bridgehead atoms. The Morgan fingerprint density at radius 2 is 1.72 bits per heavy atom. The minimum Gasteiger partial charge on any atom is -0.437 e. The van der Waals surface area contributed by atoms with E-state index in [2.05, 4.69) is 10.3 Å². The Bertz CT molecular complexity index is 1240. The average Bonchev–Trinajstić information content (AvgIpc) is 3.31. The molecule has 36 heavy (non-hydrogen) atoms. The summed E-state index contributed by atoms with van der Waals surface area (Å²) in [6, 6.07) is 10.5. The van der Waals surface area contributed by atoms with Gasteiger partial charge in [-0.15, -0.1) is 11.3 Å². The summed E-state index contributed by atoms with van der Waals surface area (Å²) in [6.07, 6.45) is -7.61. The number of aromatic nitrogens is 1. The first kappa shape index (κ1) is 26.3. The van der Waals surface area contributed by atoms with Gasteiger partial charge in [0.15, 0.2) is 17.0 Å². The van der Waals surface area contributed by atoms with Crippen LogP contribution in [0.3, 0.4) is 0 Å². The number of ether oxygens (including phenoxy) is 1. The summed E-state index contributed by atoms with van der Waals surface area (Å²) in [6.45, 7) is 0. The number of para-hydroxylation sites is 1. The number of primary amides is 1. The standard InChI is InChI=1S/C23H19F3N4O5S/c24-23(25,26)15-8-4-5-9-16(15)30(20(27)33)22(34)35-18(12-14-6-2-1-3-7-14)17(31)13-19(32)29-21-28-10-11-36-21/h1-11,18H,12-13H2,(H2,27,33)(H,28,29,32). The lowest BCUT2D eigenvalue weighted by Crippen LogP contribution is -2.45. The number of alkyl halides is 3. The van der Waals surface area contributed by atoms with Crippen LogP contribution in [-0.4, -0.2) is 34.9 Å². The average molecular weight is 520 g/mol. The zero-order chi connectivity index (χ0) is 26.3. The van der Waals surface area contributed by atoms with Gasteiger partial charge in [-0.2, -0.15) is 18.1 Å². The molecule has 188 valence electrons. The number of nitrogens with zero attached hydrogens (tertiary/aromatic N) is 2. The molecule has 3 aromatic rings. The van der Waals surface area contributed by atoms with Crippen LogP contribution in [0.15, 0.2) is 66.2 Å². The Hall–Kier alpha value is -4.26. The highest BCUT2D eigenvalue weighted by Crippen LogP contribution is 2.36. The van der Waals surface area contributed by atoms with Gasteiger partial charge in [-0.25, -0.2) is 14.6 Å². The van der Waals surface area contributed by atoms with Crippen molar-refractivity contribution >= 4 is 46.0 Å². The van der Waals surface area contributed by atoms with Crippen LogP contribution in [-0.2, 0) is 26.9 Å². The number of amides is 4. The molecule has 1 unspecified atom stereocenters. The molecule has 0 saturated carbocycles. The molecule has 9 nitrogen and oxygen atoms in total. The van der Waals surface area contributed by atoms with Crippen LogP contribution in [0, 0.1) is 0 Å². The molecule has 0 radical (unpaired) electrons. The minimum absolute atomic E-state index is 0.0102. The van der Waals surface area contributed by atoms with Crippen molar-refractivity contribution in [1.82, 2.24) is 4.98 Å². The number of thiazole rings is 1. The van der Waals surface area contributed by atoms with Crippen molar-refractivity contribution in [3.8, 4) is 0 Å². The van der Waals surface area contributed by atoms with Crippen molar-refractivity contribution < 1.29 is 37.1 Å². The Morgan fingerprint density at radius 3 is 2.33 bits per heavy atom. The van der Waals surface area contributed by atoms with Crippen molar-refractivity contribution in [3.63, 3.8) is 0 Å². The fraction of sp³-hybridized carbons (Fsp3) is 0.174. The summed E-state index contributed by atoms with van der Waals surface area (Å²) in [5, 5.41) is 4.26. The van der Waals surface area contributed by atoms with E-state index >= 15 is 0 Å². The third-order valence-corrected chi connectivity index (χ3v) is 5.42. The smallest absolute Gasteiger partial charge is 0.423 e. The maximum absolute atomic E-state index is 13.5. The van der Waals surface area contributed by atoms with E-state index < -0.39 is 53.8 Å². The first-order valence-electron chi connectivity index (χ1n) is 10.3. The first-order valence-corrected chi connectivity index (χ1v) is 11.2. The second-order valence-corrected chi connectivity index (χ2v) is 8.17. The number of hydrogen-bond acceptors (Lipinski definition) is 7. The predicted octanol–water partition coefficient (Wildman–Crippen LogP) is 4.39. The SMILES string of the molecule is NC(=O)N(C(=O)OC(Cc1ccccc1)C(=O)CC(=O)Nc1nccs1)c1ccccc1C(F)(F)F. The summed E-state index contributed by atoms with van der Waals surface area (Å²) < 4.78 is 45.6. The Labute approximate surface area is 206 Å². The molecule has 3 N–H and O–H groups in total. The lowest BCUT2D eigenvalue weighted by Gasteiger charge is -2.24. The molecule has 1 atom stereocenters. The number of nitrogens with two attached hydrogens (primary N) is 1. The van der Waals surface area contributed by atoms with E-state index in [4.69, 9.17) is 10.5 Å². The molecule has 0 saturated heterocycles. The molecule has 1 aromatic heterocycles. The number of rotatable bonds is 8. The number of halogens is 3. The Morgan fingerprint density at radius 1 is 1.06 bits per heavy atom. The maximum atomic E-state index is 13.5. The first-order chi connectivity index (χ1) is 17.1. The van der Waals surface area contributed by atoms with Crippen LogP contribution in [0.4, 0.5) is 33.6 Å². The van der Waals surface area contributed by atoms with Crippen molar-refractivity contribution in [3.05, 3.63) is 77.3 Å². The summed E-state index contributed by atoms with van der Waals surface area (Å²) in [5.74, 6) is -1.59. The van der Waals surface area contributed by atoms with Crippen LogP contribution in [0.2, 0.25) is 0 Å². The van der Waals surface area contributed by atoms with Gasteiger partial charge in [0.25, 0.3) is 0 Å². The number of carbonyl (C=O) groups excluding carboxylic acids is 4. The molecule has 4 amide bonds. The largest absolute Gasteiger partial charge is 0.437 e. The Kier molecular flexibility index (Phi) is 8.38. The van der Waals surface area contributed by atoms with Gasteiger partial charge in [-0.3, -0.25) is 9.59 Å². The summed E-state index contributed by atoms with van der Waals surface area (Å²) in [5.41, 5.74) is 3.56. The van der Waals surface area contributed by atoms with Crippen molar-refractivity contribution in [1.29, 1.82) is 0 Å². The lowest BCUT2D eigenvalue weighted by molar-refractivity contribution is -0.137. The van der Waals surface area contributed by atoms with E-state index in [1.165, 1.54) is 12.3 Å². The lowest BCUT2D eigenvalue weighted by atomic mass is 10.0. The van der Waals surface area contributed by atoms with E-state index in [1.807, 2.05) is 0 Å². The van der Waals surface area contributed by atoms with Crippen LogP contribution in [0.25, 0.3) is 0 Å². The molecule has 0 aliphatic carbocycles. The van der Waals surface area contributed by atoms with Crippen LogP contribution >= 0.6 is 11.3 Å². The number of hydrogen-bond donors (Lipinski definition) is 2. The molecule has 0 aliphatic rings. The van der Waals surface area contributed by atoms with Crippen LogP contribution in [0.5, 0.6) is 0 Å². The van der Waals surface area contributed by atoms with Gasteiger partial charge in [0.1, 0.15) is 0 Å². The number of Topliss-reactive ketones (excluding diaryl/α,β-unsaturated/α-hetero) is 1. The summed E-state index contributed by atoms with van der Waals surface area (Å²) >= 11 is 1.12. The van der Waals surface area contributed by atoms with E-state index in [1.54, 1.807) is 35.7 Å². The molecule has 3 rings (SSSR count). The van der Waals surface area contributed by atoms with Gasteiger partial charge in [-0.05, 0) is 17.7 Å². The molecule has 0 spiro atoms. The molecule has 1 heterocycles. The summed E-state index contributed by atoms with van der Waals surface area (Å²) in [4.78, 5) is 53.9. The van der Waals surface area contributed by atoms with E-state index in [-0.39, 0.29) is 16.5 Å². The van der Waals surface area contributed by atoms with E-state index in [0.717, 1.165) is 23.5 Å². The van der Waals surface area contributed by atoms with Gasteiger partial charge in [-0.1, -0.05) is 42.5 Å². The zero-order valence-corrected chi connectivity index (χ0v) is 19.2. The van der Waals surface area contributed by atoms with E-state index in [9.17, 15) is 32.3 Å². The van der Waals surface area contributed by atoms with Gasteiger partial charge in [0, 0.05) is 18.0 Å². The highest BCUT2D eigenvalue weighted by molar-refractivity contribution is 7.13. The van der Waals surface area contributed by atoms with Crippen LogP contribution < -0.4 is 16.0 Å². The molecule has 2 aromatic carbocycles. The topological polar surface area (TPSA) is 132 Å². The predicted molar refractivity (Wildman–Crippen MR) is 124 cm³/mol. The number of urea groups is 1. The quantitative estimate of drug-likeness (QED) is 0.424. The van der Waals surface area contributed by atoms with Gasteiger partial charge in [0.2, 0.25) is 5.91 Å². The monoisotopic (exact) mass is 520 g/mol. The second kappa shape index (κ2) is 11.4. The minimum atomic E-state index is -4.92. The molecular formula is C23H19F3N4O5S. The third-order valence-electron chi connectivity index (χ3n) is 4.73. The number of benzene rings is 2. The molecule has 0 aliphatic heterocycles. The second-order valence-electron chi connectivity index (χ2n) is 7.28. The zero-order valence-electron chi connectivity index (χ0n) is 18.4. The van der Waals surface area contributed by atoms with Gasteiger partial charge >= 0.3 is 18.3 Å². The number of ketones is 1. The van der Waals surface area contributed by atoms with Gasteiger partial charge in [0.05, 0.1) is 17.7 Å². The molecular weight excluding hydrogens is 501 g/mol. The number of carbonyl (C=O) groups is 4. The van der Waals surface area contributed by atoms with Gasteiger partial charge < -0.3 is 15.8 Å². The number of anilines is 2. The summed E-state index contributed by atoms with van der Waals surface area (Å²) in [7, 11) is 0. The van der Waals surface area contributed by atoms with Crippen molar-refractivity contribution in [2.24, 2.45) is 5.73 Å². The van der Waals surface area contributed by atoms with Crippen molar-refractivity contribution in [2.75, 3.05) is 10.2 Å². The van der Waals surface area contributed by atoms with E-state index in [0.29, 0.717) is 11.6 Å². The number of nitrogens with one attached hydrogen (secondary N) is 1. The maximum Gasteiger partial charge on any atom is 0.423 e. The fourth-order valence-electron chi connectivity index (χ4n) is 3.16. The number of imide groups is 1. The normalized spacial score (nSPS) is 11.9.